The number of nitrogens with zero attached hydrogens (tertiary/aromatic N) is 2. The number of nitrogens with one attached hydrogen (secondary N) is 2. The molecule has 3 heterocycles. The molecule has 0 bridgehead atoms. The number of morpholine rings is 1. The third-order valence-electron chi connectivity index (χ3n) is 5.08. The van der Waals surface area contributed by atoms with Gasteiger partial charge in [0.1, 0.15) is 0 Å². The van der Waals surface area contributed by atoms with Crippen molar-refractivity contribution in [2.24, 2.45) is 0 Å². The van der Waals surface area contributed by atoms with E-state index in [9.17, 15) is 22.3 Å². The molecule has 1 saturated heterocycles. The van der Waals surface area contributed by atoms with Gasteiger partial charge in [0.2, 0.25) is 16.0 Å². The number of anilines is 1. The zero-order chi connectivity index (χ0) is 22.5. The number of aromatic amines is 1. The first-order chi connectivity index (χ1) is 15.2. The van der Waals surface area contributed by atoms with E-state index in [1.54, 1.807) is 0 Å². The van der Waals surface area contributed by atoms with Crippen LogP contribution >= 0.6 is 0 Å². The Morgan fingerprint density at radius 2 is 1.78 bits per heavy atom. The predicted octanol–water partition coefficient (Wildman–Crippen LogP) is 2.01. The minimum Gasteiger partial charge on any atom is -0.395 e. The van der Waals surface area contributed by atoms with Crippen molar-refractivity contribution in [1.82, 2.24) is 14.3 Å². The van der Waals surface area contributed by atoms with Crippen LogP contribution in [0.2, 0.25) is 0 Å². The molecule has 0 radical (unpaired) electrons. The first-order valence-corrected chi connectivity index (χ1v) is 11.1. The fourth-order valence-corrected chi connectivity index (χ4v) is 4.90. The number of benzene rings is 2. The minimum atomic E-state index is -3.72. The summed E-state index contributed by atoms with van der Waals surface area (Å²) in [5.41, 5.74) is 1.12. The predicted molar refractivity (Wildman–Crippen MR) is 107 cm³/mol. The molecule has 13 heteroatoms. The molecule has 170 valence electrons. The van der Waals surface area contributed by atoms with Crippen LogP contribution in [0.4, 0.5) is 14.7 Å². The second-order valence-electron chi connectivity index (χ2n) is 7.20. The maximum absolute atomic E-state index is 13.2. The zero-order valence-electron chi connectivity index (χ0n) is 16.4. The summed E-state index contributed by atoms with van der Waals surface area (Å²) in [4.78, 5) is 7.17. The topological polar surface area (TPSA) is 126 Å². The van der Waals surface area contributed by atoms with Crippen molar-refractivity contribution in [1.29, 1.82) is 0 Å². The molecule has 2 aliphatic heterocycles. The number of ether oxygens (including phenoxy) is 3. The van der Waals surface area contributed by atoms with Crippen LogP contribution in [0.5, 0.6) is 11.5 Å². The molecule has 3 N–H and O–H groups in total. The molecule has 1 fully saturated rings. The number of H-pyrrole nitrogens is 1. The quantitative estimate of drug-likeness (QED) is 0.486. The number of imidazole rings is 1. The molecule has 0 amide bonds. The maximum Gasteiger partial charge on any atom is 0.586 e. The Labute approximate surface area is 180 Å². The Morgan fingerprint density at radius 3 is 2.47 bits per heavy atom. The van der Waals surface area contributed by atoms with Gasteiger partial charge in [0, 0.05) is 30.8 Å². The molecule has 1 aromatic heterocycles. The molecule has 0 aliphatic carbocycles. The summed E-state index contributed by atoms with van der Waals surface area (Å²) < 4.78 is 67.1. The van der Waals surface area contributed by atoms with E-state index in [0.29, 0.717) is 29.8 Å². The second kappa shape index (κ2) is 7.55. The Morgan fingerprint density at radius 1 is 1.12 bits per heavy atom. The molecule has 5 rings (SSSR count). The lowest BCUT2D eigenvalue weighted by molar-refractivity contribution is -0.286. The molecular weight excluding hydrogens is 450 g/mol. The zero-order valence-corrected chi connectivity index (χ0v) is 17.2. The summed E-state index contributed by atoms with van der Waals surface area (Å²) in [6.45, 7) is 1.27. The molecule has 2 aliphatic rings. The van der Waals surface area contributed by atoms with Crippen molar-refractivity contribution in [2.45, 2.75) is 17.4 Å². The highest BCUT2D eigenvalue weighted by Crippen LogP contribution is 2.43. The Balaban J connectivity index is 1.31. The van der Waals surface area contributed by atoms with Crippen molar-refractivity contribution >= 4 is 27.0 Å². The monoisotopic (exact) mass is 468 g/mol. The molecule has 1 atom stereocenters. The summed E-state index contributed by atoms with van der Waals surface area (Å²) in [6.07, 6.45) is -4.93. The van der Waals surface area contributed by atoms with E-state index in [0.717, 1.165) is 0 Å². The van der Waals surface area contributed by atoms with E-state index < -0.39 is 22.5 Å². The van der Waals surface area contributed by atoms with Crippen molar-refractivity contribution in [2.75, 3.05) is 31.6 Å². The average Bonchev–Trinajstić information content (AvgIpc) is 3.29. The Hall–Kier alpha value is -3.00. The van der Waals surface area contributed by atoms with Gasteiger partial charge in [0.25, 0.3) is 0 Å². The van der Waals surface area contributed by atoms with E-state index in [2.05, 4.69) is 24.8 Å². The van der Waals surface area contributed by atoms with E-state index >= 15 is 0 Å². The van der Waals surface area contributed by atoms with Crippen LogP contribution in [0.3, 0.4) is 0 Å². The molecule has 0 unspecified atom stereocenters. The van der Waals surface area contributed by atoms with Gasteiger partial charge in [-0.1, -0.05) is 12.1 Å². The summed E-state index contributed by atoms with van der Waals surface area (Å²) >= 11 is 0. The van der Waals surface area contributed by atoms with Gasteiger partial charge in [-0.05, 0) is 12.1 Å². The number of alkyl halides is 2. The fourth-order valence-electron chi connectivity index (χ4n) is 3.49. The summed E-state index contributed by atoms with van der Waals surface area (Å²) in [7, 11) is -3.64. The van der Waals surface area contributed by atoms with Gasteiger partial charge < -0.3 is 29.6 Å². The average molecular weight is 468 g/mol. The van der Waals surface area contributed by atoms with Crippen molar-refractivity contribution < 1.29 is 36.5 Å². The molecule has 0 saturated carbocycles. The van der Waals surface area contributed by atoms with Crippen LogP contribution in [0.15, 0.2) is 41.3 Å². The number of hydrogen-bond donors (Lipinski definition) is 3. The number of aliphatic hydroxyl groups is 1. The van der Waals surface area contributed by atoms with Gasteiger partial charge in [0.15, 0.2) is 17.7 Å². The van der Waals surface area contributed by atoms with Crippen LogP contribution in [-0.4, -0.2) is 60.4 Å². The fraction of sp³-hybridized carbons (Fsp3) is 0.316. The number of fused-ring (bicyclic) bond motifs is 2. The highest BCUT2D eigenvalue weighted by Gasteiger charge is 2.43. The first kappa shape index (κ1) is 20.9. The van der Waals surface area contributed by atoms with Crippen molar-refractivity contribution in [3.63, 3.8) is 0 Å². The van der Waals surface area contributed by atoms with Gasteiger partial charge in [-0.3, -0.25) is 0 Å². The normalized spacial score (nSPS) is 19.2. The number of sulfonamides is 1. The number of aromatic nitrogens is 2. The van der Waals surface area contributed by atoms with E-state index in [-0.39, 0.29) is 35.4 Å². The number of rotatable bonds is 5. The van der Waals surface area contributed by atoms with Gasteiger partial charge in [-0.2, -0.15) is 4.31 Å². The number of hydrogen-bond acceptors (Lipinski definition) is 8. The third kappa shape index (κ3) is 3.83. The maximum atomic E-state index is 13.2. The summed E-state index contributed by atoms with van der Waals surface area (Å²) in [6, 6.07) is 8.44. The van der Waals surface area contributed by atoms with Gasteiger partial charge in [-0.25, -0.2) is 13.4 Å². The molecule has 3 aromatic rings. The van der Waals surface area contributed by atoms with Crippen LogP contribution in [0, 0.1) is 0 Å². The number of halogens is 2. The molecule has 2 aromatic carbocycles. The van der Waals surface area contributed by atoms with Gasteiger partial charge in [0.05, 0.1) is 29.1 Å². The summed E-state index contributed by atoms with van der Waals surface area (Å²) in [5.74, 6) is -0.0959. The molecular formula is C19H18F2N4O6S. The van der Waals surface area contributed by atoms with E-state index in [1.165, 1.54) is 40.7 Å². The molecule has 10 nitrogen and oxygen atoms in total. The minimum absolute atomic E-state index is 0.116. The van der Waals surface area contributed by atoms with Crippen LogP contribution in [0.25, 0.3) is 11.0 Å². The van der Waals surface area contributed by atoms with Gasteiger partial charge >= 0.3 is 6.29 Å². The lowest BCUT2D eigenvalue weighted by Gasteiger charge is -2.26. The molecule has 0 spiro atoms. The lowest BCUT2D eigenvalue weighted by Crippen LogP contribution is -2.40. The number of aliphatic hydroxyl groups excluding tert-OH is 1. The Kier molecular flexibility index (Phi) is 4.93. The second-order valence-corrected chi connectivity index (χ2v) is 9.14. The van der Waals surface area contributed by atoms with E-state index in [4.69, 9.17) is 4.74 Å². The van der Waals surface area contributed by atoms with Crippen LogP contribution in [0.1, 0.15) is 11.8 Å². The Bertz CT molecular complexity index is 1210. The van der Waals surface area contributed by atoms with Crippen molar-refractivity contribution in [3.05, 3.63) is 42.0 Å². The smallest absolute Gasteiger partial charge is 0.395 e. The van der Waals surface area contributed by atoms with Crippen LogP contribution < -0.4 is 14.8 Å². The highest BCUT2D eigenvalue weighted by atomic mass is 32.2. The summed E-state index contributed by atoms with van der Waals surface area (Å²) in [5, 5.41) is 13.2. The standard InChI is InChI=1S/C19H18F2N4O6S/c20-19(21)30-15-9-13-14(10-16(15)31-19)23-18(22-13)24-17(26)11-1-3-12(4-2-11)32(27,28)25-5-7-29-8-6-25/h1-4,9-10,17,26H,5-8H2,(H2,22,23,24)/t17-/m1/s1. The van der Waals surface area contributed by atoms with Gasteiger partial charge in [-0.15, -0.1) is 8.78 Å². The van der Waals surface area contributed by atoms with Crippen molar-refractivity contribution in [3.8, 4) is 11.5 Å². The van der Waals surface area contributed by atoms with Crippen LogP contribution in [-0.2, 0) is 14.8 Å². The highest BCUT2D eigenvalue weighted by molar-refractivity contribution is 7.89. The largest absolute Gasteiger partial charge is 0.586 e. The molecule has 32 heavy (non-hydrogen) atoms. The third-order valence-corrected chi connectivity index (χ3v) is 6.99. The lowest BCUT2D eigenvalue weighted by atomic mass is 10.2. The first-order valence-electron chi connectivity index (χ1n) is 9.63. The van der Waals surface area contributed by atoms with E-state index in [1.807, 2.05) is 0 Å². The SMILES string of the molecule is O=S(=O)(c1ccc([C@@H](O)Nc2nc3cc4c(cc3[nH]2)OC(F)(F)O4)cc1)N1CCOCC1.